The number of rotatable bonds is 6. The predicted octanol–water partition coefficient (Wildman–Crippen LogP) is 3.04. The Bertz CT molecular complexity index is 624. The van der Waals surface area contributed by atoms with Gasteiger partial charge in [0.15, 0.2) is 5.96 Å². The van der Waals surface area contributed by atoms with E-state index in [1.54, 1.807) is 16.2 Å². The minimum absolute atomic E-state index is 0. The van der Waals surface area contributed by atoms with Crippen LogP contribution in [0.15, 0.2) is 11.2 Å². The highest BCUT2D eigenvalue weighted by Gasteiger charge is 2.34. The second-order valence-corrected chi connectivity index (χ2v) is 8.51. The first-order valence-electron chi connectivity index (χ1n) is 9.27. The number of aromatic nitrogens is 1. The van der Waals surface area contributed by atoms with Crippen molar-refractivity contribution in [2.45, 2.75) is 59.1 Å². The Kier molecular flexibility index (Phi) is 9.78. The summed E-state index contributed by atoms with van der Waals surface area (Å²) in [5, 5.41) is 7.76. The van der Waals surface area contributed by atoms with Gasteiger partial charge in [0.25, 0.3) is 0 Å². The number of halogens is 1. The summed E-state index contributed by atoms with van der Waals surface area (Å²) in [4.78, 5) is 24.0. The quantitative estimate of drug-likeness (QED) is 0.350. The highest BCUT2D eigenvalue weighted by molar-refractivity contribution is 14.0. The van der Waals surface area contributed by atoms with Crippen LogP contribution in [0.25, 0.3) is 0 Å². The lowest BCUT2D eigenvalue weighted by atomic mass is 10.1. The lowest BCUT2D eigenvalue weighted by Gasteiger charge is -2.40. The van der Waals surface area contributed by atoms with E-state index in [4.69, 9.17) is 4.74 Å². The first-order valence-corrected chi connectivity index (χ1v) is 10.1. The molecule has 2 heterocycles. The van der Waals surface area contributed by atoms with Gasteiger partial charge in [-0.2, -0.15) is 0 Å². The van der Waals surface area contributed by atoms with E-state index in [-0.39, 0.29) is 36.1 Å². The molecule has 1 fully saturated rings. The number of aryl methyl sites for hydroxylation is 1. The molecule has 27 heavy (non-hydrogen) atoms. The SMILES string of the molecule is CCNC(=NCCc1ncc(CC)s1)NC1CN(C(=O)OC(C)(C)C)C1.I. The molecule has 1 aliphatic heterocycles. The smallest absolute Gasteiger partial charge is 0.410 e. The summed E-state index contributed by atoms with van der Waals surface area (Å²) >= 11 is 1.76. The summed E-state index contributed by atoms with van der Waals surface area (Å²) < 4.78 is 5.38. The summed E-state index contributed by atoms with van der Waals surface area (Å²) in [5.41, 5.74) is -0.459. The maximum atomic E-state index is 12.0. The number of likely N-dealkylation sites (tertiary alicyclic amines) is 1. The molecule has 7 nitrogen and oxygen atoms in total. The van der Waals surface area contributed by atoms with E-state index < -0.39 is 5.60 Å². The monoisotopic (exact) mass is 509 g/mol. The average molecular weight is 509 g/mol. The number of ether oxygens (including phenoxy) is 1. The third kappa shape index (κ3) is 8.20. The van der Waals surface area contributed by atoms with E-state index >= 15 is 0 Å². The summed E-state index contributed by atoms with van der Waals surface area (Å²) in [6.07, 6.45) is 3.57. The largest absolute Gasteiger partial charge is 0.444 e. The van der Waals surface area contributed by atoms with Gasteiger partial charge in [0.2, 0.25) is 0 Å². The van der Waals surface area contributed by atoms with E-state index in [1.807, 2.05) is 33.9 Å². The third-order valence-electron chi connectivity index (χ3n) is 3.76. The third-order valence-corrected chi connectivity index (χ3v) is 4.97. The molecule has 154 valence electrons. The average Bonchev–Trinajstić information content (AvgIpc) is 2.96. The summed E-state index contributed by atoms with van der Waals surface area (Å²) in [7, 11) is 0. The molecule has 0 aliphatic carbocycles. The number of nitrogens with zero attached hydrogens (tertiary/aromatic N) is 3. The molecule has 9 heteroatoms. The molecule has 0 unspecified atom stereocenters. The maximum absolute atomic E-state index is 12.0. The van der Waals surface area contributed by atoms with Crippen LogP contribution in [0.5, 0.6) is 0 Å². The molecular formula is C18H32IN5O2S. The number of hydrogen-bond donors (Lipinski definition) is 2. The molecule has 0 bridgehead atoms. The number of aliphatic imine (C=N–C) groups is 1. The number of carbonyl (C=O) groups excluding carboxylic acids is 1. The molecule has 0 saturated carbocycles. The molecule has 1 aromatic rings. The summed E-state index contributed by atoms with van der Waals surface area (Å²) in [6.45, 7) is 12.6. The van der Waals surface area contributed by atoms with E-state index in [0.29, 0.717) is 19.6 Å². The molecule has 0 aromatic carbocycles. The Morgan fingerprint density at radius 2 is 2.11 bits per heavy atom. The van der Waals surface area contributed by atoms with Crippen molar-refractivity contribution in [1.82, 2.24) is 20.5 Å². The zero-order valence-electron chi connectivity index (χ0n) is 16.9. The normalized spacial score (nSPS) is 15.0. The van der Waals surface area contributed by atoms with Crippen LogP contribution in [0, 0.1) is 0 Å². The second-order valence-electron chi connectivity index (χ2n) is 7.31. The lowest BCUT2D eigenvalue weighted by Crippen LogP contribution is -2.63. The first-order chi connectivity index (χ1) is 12.3. The van der Waals surface area contributed by atoms with Crippen molar-refractivity contribution < 1.29 is 9.53 Å². The van der Waals surface area contributed by atoms with Crippen LogP contribution < -0.4 is 10.6 Å². The minimum Gasteiger partial charge on any atom is -0.444 e. The van der Waals surface area contributed by atoms with E-state index in [0.717, 1.165) is 30.4 Å². The topological polar surface area (TPSA) is 78.9 Å². The molecule has 0 atom stereocenters. The molecule has 0 spiro atoms. The van der Waals surface area contributed by atoms with Gasteiger partial charge in [-0.25, -0.2) is 9.78 Å². The summed E-state index contributed by atoms with van der Waals surface area (Å²) in [5.74, 6) is 0.786. The van der Waals surface area contributed by atoms with E-state index in [1.165, 1.54) is 4.88 Å². The Hall–Kier alpha value is -1.10. The second kappa shape index (κ2) is 11.0. The zero-order valence-corrected chi connectivity index (χ0v) is 20.0. The van der Waals surface area contributed by atoms with Crippen LogP contribution in [0.1, 0.15) is 44.5 Å². The van der Waals surface area contributed by atoms with Gasteiger partial charge in [0.05, 0.1) is 11.0 Å². The fraction of sp³-hybridized carbons (Fsp3) is 0.722. The number of guanidine groups is 1. The van der Waals surface area contributed by atoms with Crippen molar-refractivity contribution in [1.29, 1.82) is 0 Å². The van der Waals surface area contributed by atoms with E-state index in [2.05, 4.69) is 27.5 Å². The number of thiazole rings is 1. The highest BCUT2D eigenvalue weighted by Crippen LogP contribution is 2.15. The van der Waals surface area contributed by atoms with Crippen molar-refractivity contribution in [3.63, 3.8) is 0 Å². The molecule has 0 radical (unpaired) electrons. The van der Waals surface area contributed by atoms with Gasteiger partial charge in [-0.15, -0.1) is 35.3 Å². The lowest BCUT2D eigenvalue weighted by molar-refractivity contribution is 0.00701. The molecular weight excluding hydrogens is 477 g/mol. The van der Waals surface area contributed by atoms with Crippen LogP contribution in [0.4, 0.5) is 4.79 Å². The van der Waals surface area contributed by atoms with E-state index in [9.17, 15) is 4.79 Å². The highest BCUT2D eigenvalue weighted by atomic mass is 127. The van der Waals surface area contributed by atoms with Crippen LogP contribution >= 0.6 is 35.3 Å². The molecule has 1 amide bonds. The Morgan fingerprint density at radius 1 is 1.41 bits per heavy atom. The molecule has 2 rings (SSSR count). The van der Waals surface area contributed by atoms with Gasteiger partial charge in [-0.3, -0.25) is 4.99 Å². The van der Waals surface area contributed by atoms with Gasteiger partial charge < -0.3 is 20.3 Å². The standard InChI is InChI=1S/C18H31N5O2S.HI/c1-6-14-10-21-15(26-14)8-9-20-16(19-7-2)22-13-11-23(12-13)17(24)25-18(3,4)5;/h10,13H,6-9,11-12H2,1-5H3,(H2,19,20,22);1H. The first kappa shape index (κ1) is 23.9. The number of nitrogens with one attached hydrogen (secondary N) is 2. The maximum Gasteiger partial charge on any atom is 0.410 e. The van der Waals surface area contributed by atoms with Crippen molar-refractivity contribution >= 4 is 47.4 Å². The molecule has 1 saturated heterocycles. The number of carbonyl (C=O) groups is 1. The Morgan fingerprint density at radius 3 is 2.67 bits per heavy atom. The van der Waals surface area contributed by atoms with Crippen LogP contribution in [-0.2, 0) is 17.6 Å². The van der Waals surface area contributed by atoms with Gasteiger partial charge in [-0.1, -0.05) is 6.92 Å². The predicted molar refractivity (Wildman–Crippen MR) is 121 cm³/mol. The fourth-order valence-electron chi connectivity index (χ4n) is 2.45. The van der Waals surface area contributed by atoms with Crippen LogP contribution in [0.3, 0.4) is 0 Å². The molecule has 1 aliphatic rings. The minimum atomic E-state index is -0.459. The van der Waals surface area contributed by atoms with Gasteiger partial charge in [0.1, 0.15) is 5.60 Å². The fourth-order valence-corrected chi connectivity index (χ4v) is 3.30. The van der Waals surface area contributed by atoms with Gasteiger partial charge >= 0.3 is 6.09 Å². The van der Waals surface area contributed by atoms with Crippen molar-refractivity contribution in [2.24, 2.45) is 4.99 Å². The van der Waals surface area contributed by atoms with Gasteiger partial charge in [0, 0.05) is 43.7 Å². The Balaban J connectivity index is 0.00000364. The van der Waals surface area contributed by atoms with Gasteiger partial charge in [-0.05, 0) is 34.1 Å². The van der Waals surface area contributed by atoms with Crippen LogP contribution in [-0.4, -0.2) is 59.8 Å². The molecule has 2 N–H and O–H groups in total. The van der Waals surface area contributed by atoms with Crippen molar-refractivity contribution in [3.05, 3.63) is 16.1 Å². The van der Waals surface area contributed by atoms with Crippen molar-refractivity contribution in [3.8, 4) is 0 Å². The summed E-state index contributed by atoms with van der Waals surface area (Å²) in [6, 6.07) is 0.201. The number of amides is 1. The number of hydrogen-bond acceptors (Lipinski definition) is 5. The Labute approximate surface area is 183 Å². The molecule has 1 aromatic heterocycles. The zero-order chi connectivity index (χ0) is 19.2. The van der Waals surface area contributed by atoms with Crippen molar-refractivity contribution in [2.75, 3.05) is 26.2 Å². The van der Waals surface area contributed by atoms with Crippen LogP contribution in [0.2, 0.25) is 0 Å².